The highest BCUT2D eigenvalue weighted by molar-refractivity contribution is 7.15. The number of thiazole rings is 1. The van der Waals surface area contributed by atoms with Gasteiger partial charge < -0.3 is 15.1 Å². The number of piperidine rings is 2. The van der Waals surface area contributed by atoms with E-state index in [0.29, 0.717) is 11.6 Å². The second-order valence-electron chi connectivity index (χ2n) is 8.42. The molecule has 3 atom stereocenters. The van der Waals surface area contributed by atoms with Crippen LogP contribution in [0.15, 0.2) is 48.1 Å². The van der Waals surface area contributed by atoms with E-state index in [2.05, 4.69) is 50.4 Å². The summed E-state index contributed by atoms with van der Waals surface area (Å²) in [7, 11) is 0. The molecule has 4 bridgehead atoms. The van der Waals surface area contributed by atoms with Gasteiger partial charge in [0.1, 0.15) is 5.69 Å². The average molecular weight is 394 g/mol. The number of carbonyl (C=O) groups excluding carboxylic acids is 1. The zero-order chi connectivity index (χ0) is 18.7. The number of hydrogen-bond donors (Lipinski definition) is 1. The Morgan fingerprint density at radius 1 is 1.14 bits per heavy atom. The van der Waals surface area contributed by atoms with Gasteiger partial charge >= 0.3 is 0 Å². The molecule has 4 aliphatic rings. The summed E-state index contributed by atoms with van der Waals surface area (Å²) >= 11 is 1.55. The fraction of sp³-hybridized carbons (Fsp3) is 0.429. The van der Waals surface area contributed by atoms with Gasteiger partial charge in [0.2, 0.25) is 0 Å². The van der Waals surface area contributed by atoms with Crippen LogP contribution in [0.5, 0.6) is 0 Å². The number of benzene rings is 1. The third-order valence-electron chi connectivity index (χ3n) is 6.76. The number of aromatic nitrogens is 2. The van der Waals surface area contributed by atoms with Crippen molar-refractivity contribution in [1.29, 1.82) is 0 Å². The Bertz CT molecular complexity index is 983. The molecule has 0 saturated carbocycles. The van der Waals surface area contributed by atoms with E-state index in [0.717, 1.165) is 44.2 Å². The minimum atomic E-state index is -0.0638. The Labute approximate surface area is 167 Å². The minimum absolute atomic E-state index is 0.0487. The standard InChI is InChI=1S/C21H23N5OS/c27-19(17-12-26-8-9-28-20(26)22-17)23-18-15-10-24-6-7-25(11-15)14-21(18,13-24)16-4-2-1-3-5-16/h1-5,8-9,12,15,18H,6-7,10-11,13-14H2,(H,23,27)/t15?,18-,21?/m1/s1. The van der Waals surface area contributed by atoms with Crippen molar-refractivity contribution in [3.63, 3.8) is 0 Å². The molecular weight excluding hydrogens is 370 g/mol. The summed E-state index contributed by atoms with van der Waals surface area (Å²) in [5.74, 6) is 0.394. The highest BCUT2D eigenvalue weighted by Crippen LogP contribution is 2.43. The molecule has 6 heterocycles. The van der Waals surface area contributed by atoms with Crippen LogP contribution in [0.1, 0.15) is 16.1 Å². The molecule has 2 aromatic heterocycles. The third-order valence-corrected chi connectivity index (χ3v) is 7.53. The van der Waals surface area contributed by atoms with Crippen molar-refractivity contribution in [3.8, 4) is 0 Å². The van der Waals surface area contributed by atoms with E-state index in [1.54, 1.807) is 11.3 Å². The van der Waals surface area contributed by atoms with E-state index in [1.807, 2.05) is 22.2 Å². The van der Waals surface area contributed by atoms with Crippen LogP contribution in [-0.4, -0.2) is 70.4 Å². The number of amides is 1. The molecule has 144 valence electrons. The number of nitrogens with zero attached hydrogens (tertiary/aromatic N) is 4. The van der Waals surface area contributed by atoms with Gasteiger partial charge in [-0.3, -0.25) is 9.20 Å². The fourth-order valence-electron chi connectivity index (χ4n) is 5.62. The van der Waals surface area contributed by atoms with Crippen LogP contribution in [0.25, 0.3) is 4.96 Å². The number of nitrogens with one attached hydrogen (secondary N) is 1. The highest BCUT2D eigenvalue weighted by Gasteiger charge is 2.55. The molecule has 0 spiro atoms. The lowest BCUT2D eigenvalue weighted by molar-refractivity contribution is 0.0179. The summed E-state index contributed by atoms with van der Waals surface area (Å²) in [6, 6.07) is 10.9. The number of hydrogen-bond acceptors (Lipinski definition) is 5. The molecule has 28 heavy (non-hydrogen) atoms. The molecule has 1 aromatic carbocycles. The molecule has 4 aliphatic heterocycles. The number of carbonyl (C=O) groups is 1. The lowest BCUT2D eigenvalue weighted by atomic mass is 9.64. The molecule has 6 nitrogen and oxygen atoms in total. The molecule has 7 rings (SSSR count). The van der Waals surface area contributed by atoms with E-state index < -0.39 is 0 Å². The van der Waals surface area contributed by atoms with Gasteiger partial charge in [-0.15, -0.1) is 11.3 Å². The maximum absolute atomic E-state index is 13.2. The van der Waals surface area contributed by atoms with Gasteiger partial charge in [-0.2, -0.15) is 0 Å². The van der Waals surface area contributed by atoms with Crippen LogP contribution in [0.2, 0.25) is 0 Å². The maximum Gasteiger partial charge on any atom is 0.271 e. The third kappa shape index (κ3) is 2.46. The Morgan fingerprint density at radius 2 is 1.89 bits per heavy atom. The van der Waals surface area contributed by atoms with Crippen LogP contribution < -0.4 is 5.32 Å². The van der Waals surface area contributed by atoms with Crippen LogP contribution in [0.3, 0.4) is 0 Å². The first-order valence-electron chi connectivity index (χ1n) is 9.95. The zero-order valence-corrected chi connectivity index (χ0v) is 16.4. The molecule has 0 radical (unpaired) electrons. The van der Waals surface area contributed by atoms with Crippen LogP contribution in [0, 0.1) is 5.92 Å². The molecule has 1 N–H and O–H groups in total. The number of imidazole rings is 1. The number of fused-ring (bicyclic) bond motifs is 2. The maximum atomic E-state index is 13.2. The van der Waals surface area contributed by atoms with E-state index in [9.17, 15) is 4.79 Å². The minimum Gasteiger partial charge on any atom is -0.347 e. The lowest BCUT2D eigenvalue weighted by Gasteiger charge is -2.55. The topological polar surface area (TPSA) is 52.9 Å². The first kappa shape index (κ1) is 16.7. The molecule has 2 unspecified atom stereocenters. The molecule has 1 amide bonds. The van der Waals surface area contributed by atoms with Crippen molar-refractivity contribution in [1.82, 2.24) is 24.5 Å². The zero-order valence-electron chi connectivity index (χ0n) is 15.6. The largest absolute Gasteiger partial charge is 0.347 e. The number of rotatable bonds is 3. The summed E-state index contributed by atoms with van der Waals surface area (Å²) in [4.78, 5) is 23.7. The molecule has 4 saturated heterocycles. The van der Waals surface area contributed by atoms with E-state index in [4.69, 9.17) is 0 Å². The summed E-state index contributed by atoms with van der Waals surface area (Å²) in [5, 5.41) is 5.42. The Balaban J connectivity index is 1.38. The van der Waals surface area contributed by atoms with Crippen molar-refractivity contribution in [2.45, 2.75) is 11.5 Å². The smallest absolute Gasteiger partial charge is 0.271 e. The van der Waals surface area contributed by atoms with E-state index >= 15 is 0 Å². The monoisotopic (exact) mass is 393 g/mol. The van der Waals surface area contributed by atoms with Crippen molar-refractivity contribution in [2.75, 3.05) is 39.3 Å². The summed E-state index contributed by atoms with van der Waals surface area (Å²) < 4.78 is 1.92. The summed E-state index contributed by atoms with van der Waals surface area (Å²) in [6.45, 7) is 6.40. The van der Waals surface area contributed by atoms with Gasteiger partial charge in [-0.05, 0) is 5.56 Å². The van der Waals surface area contributed by atoms with Crippen LogP contribution in [-0.2, 0) is 5.41 Å². The van der Waals surface area contributed by atoms with Crippen LogP contribution >= 0.6 is 11.3 Å². The predicted molar refractivity (Wildman–Crippen MR) is 109 cm³/mol. The van der Waals surface area contributed by atoms with Gasteiger partial charge in [0.05, 0.1) is 0 Å². The van der Waals surface area contributed by atoms with Crippen LogP contribution in [0.4, 0.5) is 0 Å². The quantitative estimate of drug-likeness (QED) is 0.736. The van der Waals surface area contributed by atoms with Gasteiger partial charge in [0.15, 0.2) is 4.96 Å². The first-order valence-corrected chi connectivity index (χ1v) is 10.8. The van der Waals surface area contributed by atoms with Crippen molar-refractivity contribution in [2.24, 2.45) is 5.92 Å². The molecule has 0 aliphatic carbocycles. The highest BCUT2D eigenvalue weighted by atomic mass is 32.1. The van der Waals surface area contributed by atoms with Crippen molar-refractivity contribution >= 4 is 22.2 Å². The Morgan fingerprint density at radius 3 is 2.61 bits per heavy atom. The van der Waals surface area contributed by atoms with Crippen molar-refractivity contribution in [3.05, 3.63) is 59.4 Å². The van der Waals surface area contributed by atoms with E-state index in [-0.39, 0.29) is 17.4 Å². The first-order chi connectivity index (χ1) is 13.7. The fourth-order valence-corrected chi connectivity index (χ4v) is 6.32. The normalized spacial score (nSPS) is 33.9. The predicted octanol–water partition coefficient (Wildman–Crippen LogP) is 1.69. The summed E-state index contributed by atoms with van der Waals surface area (Å²) in [5.41, 5.74) is 1.79. The van der Waals surface area contributed by atoms with E-state index in [1.165, 1.54) is 5.56 Å². The Hall–Kier alpha value is -2.22. The molecular formula is C21H23N5OS. The second kappa shape index (κ2) is 6.14. The van der Waals surface area contributed by atoms with Gasteiger partial charge in [-0.1, -0.05) is 30.3 Å². The molecule has 4 fully saturated rings. The Kier molecular flexibility index (Phi) is 3.66. The second-order valence-corrected chi connectivity index (χ2v) is 9.30. The van der Waals surface area contributed by atoms with Gasteiger partial charge in [0, 0.05) is 74.4 Å². The SMILES string of the molecule is O=C(N[C@@H]1C2CN3CCN(C2)CC1(c1ccccc1)C3)c1cn2ccsc2n1. The lowest BCUT2D eigenvalue weighted by Crippen LogP contribution is -2.70. The summed E-state index contributed by atoms with van der Waals surface area (Å²) in [6.07, 6.45) is 3.79. The van der Waals surface area contributed by atoms with Gasteiger partial charge in [0.25, 0.3) is 5.91 Å². The average Bonchev–Trinajstić information content (AvgIpc) is 3.21. The van der Waals surface area contributed by atoms with Crippen molar-refractivity contribution < 1.29 is 4.79 Å². The molecule has 3 aromatic rings. The van der Waals surface area contributed by atoms with Gasteiger partial charge in [-0.25, -0.2) is 4.98 Å². The molecule has 7 heteroatoms.